The zero-order valence-electron chi connectivity index (χ0n) is 18.0. The van der Waals surface area contributed by atoms with Gasteiger partial charge in [-0.2, -0.15) is 17.7 Å². The number of rotatable bonds is 6. The maximum Gasteiger partial charge on any atom is 0.453 e. The van der Waals surface area contributed by atoms with E-state index in [1.165, 1.54) is 6.07 Å². The third-order valence-electron chi connectivity index (χ3n) is 5.58. The fourth-order valence-corrected chi connectivity index (χ4v) is 3.75. The van der Waals surface area contributed by atoms with Crippen LogP contribution in [-0.4, -0.2) is 62.0 Å². The number of alkyl halides is 3. The van der Waals surface area contributed by atoms with Gasteiger partial charge in [-0.25, -0.2) is 4.79 Å². The quantitative estimate of drug-likeness (QED) is 0.565. The number of nitrogens with zero attached hydrogens (tertiary/aromatic N) is 6. The van der Waals surface area contributed by atoms with Gasteiger partial charge in [-0.05, 0) is 35.8 Å². The average molecular weight is 460 g/mol. The molecule has 0 amide bonds. The Kier molecular flexibility index (Phi) is 6.32. The van der Waals surface area contributed by atoms with Gasteiger partial charge in [0.1, 0.15) is 5.82 Å². The van der Waals surface area contributed by atoms with Gasteiger partial charge in [-0.3, -0.25) is 4.90 Å². The maximum atomic E-state index is 13.1. The minimum absolute atomic E-state index is 0.0532. The lowest BCUT2D eigenvalue weighted by Gasteiger charge is -2.35. The van der Waals surface area contributed by atoms with E-state index in [0.29, 0.717) is 30.9 Å². The Hall–Kier alpha value is -3.47. The molecular weight excluding hydrogens is 437 g/mol. The molecule has 0 unspecified atom stereocenters. The predicted octanol–water partition coefficient (Wildman–Crippen LogP) is 3.34. The maximum absolute atomic E-state index is 13.1. The molecule has 8 nitrogen and oxygen atoms in total. The monoisotopic (exact) mass is 460 g/mol. The average Bonchev–Trinajstić information content (AvgIpc) is 3.23. The van der Waals surface area contributed by atoms with E-state index >= 15 is 0 Å². The molecule has 0 radical (unpaired) electrons. The number of fused-ring (bicyclic) bond motifs is 1. The van der Waals surface area contributed by atoms with Crippen molar-refractivity contribution in [3.63, 3.8) is 0 Å². The molecule has 2 aromatic heterocycles. The van der Waals surface area contributed by atoms with Crippen molar-refractivity contribution in [2.45, 2.75) is 26.1 Å². The van der Waals surface area contributed by atoms with Gasteiger partial charge in [0.15, 0.2) is 5.65 Å². The molecule has 1 fully saturated rings. The lowest BCUT2D eigenvalue weighted by atomic mass is 10.1. The van der Waals surface area contributed by atoms with Crippen LogP contribution >= 0.6 is 0 Å². The van der Waals surface area contributed by atoms with Gasteiger partial charge in [0.05, 0.1) is 0 Å². The number of piperazine rings is 1. The van der Waals surface area contributed by atoms with Crippen LogP contribution < -0.4 is 4.90 Å². The highest BCUT2D eigenvalue weighted by Crippen LogP contribution is 2.28. The summed E-state index contributed by atoms with van der Waals surface area (Å²) in [6.07, 6.45) is -2.49. The molecule has 0 atom stereocenters. The second-order valence-corrected chi connectivity index (χ2v) is 7.82. The summed E-state index contributed by atoms with van der Waals surface area (Å²) in [6.45, 7) is 5.25. The van der Waals surface area contributed by atoms with E-state index < -0.39 is 18.0 Å². The van der Waals surface area contributed by atoms with Crippen molar-refractivity contribution in [1.29, 1.82) is 0 Å². The van der Waals surface area contributed by atoms with Crippen molar-refractivity contribution in [3.05, 3.63) is 58.9 Å². The first-order valence-corrected chi connectivity index (χ1v) is 10.5. The van der Waals surface area contributed by atoms with Gasteiger partial charge in [0, 0.05) is 38.3 Å². The van der Waals surface area contributed by atoms with Crippen LogP contribution in [0.15, 0.2) is 42.0 Å². The summed E-state index contributed by atoms with van der Waals surface area (Å²) in [5.74, 6) is -1.59. The zero-order valence-corrected chi connectivity index (χ0v) is 18.0. The summed E-state index contributed by atoms with van der Waals surface area (Å²) in [7, 11) is 0. The normalized spacial score (nSPS) is 15.9. The van der Waals surface area contributed by atoms with Crippen LogP contribution in [0.2, 0.25) is 0 Å². The molecule has 1 saturated heterocycles. The van der Waals surface area contributed by atoms with Crippen LogP contribution in [0.5, 0.6) is 0 Å². The van der Waals surface area contributed by atoms with Gasteiger partial charge in [0.25, 0.3) is 5.82 Å². The van der Waals surface area contributed by atoms with Gasteiger partial charge >= 0.3 is 12.1 Å². The van der Waals surface area contributed by atoms with Crippen molar-refractivity contribution < 1.29 is 23.1 Å². The Morgan fingerprint density at radius 2 is 1.76 bits per heavy atom. The third kappa shape index (κ3) is 5.14. The van der Waals surface area contributed by atoms with Crippen LogP contribution in [0.25, 0.3) is 11.7 Å². The largest absolute Gasteiger partial charge is 0.478 e. The van der Waals surface area contributed by atoms with E-state index in [4.69, 9.17) is 5.11 Å². The lowest BCUT2D eigenvalue weighted by Crippen LogP contribution is -2.46. The molecule has 4 rings (SSSR count). The highest BCUT2D eigenvalue weighted by atomic mass is 19.4. The lowest BCUT2D eigenvalue weighted by molar-refractivity contribution is -0.146. The Labute approximate surface area is 187 Å². The Bertz CT molecular complexity index is 1170. The smallest absolute Gasteiger partial charge is 0.453 e. The summed E-state index contributed by atoms with van der Waals surface area (Å²) in [5.41, 5.74) is 2.36. The number of aliphatic carboxylic acids is 1. The number of hydrogen-bond acceptors (Lipinski definition) is 6. The van der Waals surface area contributed by atoms with E-state index in [0.717, 1.165) is 35.3 Å². The molecular formula is C22H23F3N6O2. The van der Waals surface area contributed by atoms with E-state index in [1.807, 2.05) is 36.1 Å². The number of anilines is 1. The van der Waals surface area contributed by atoms with Gasteiger partial charge in [0.2, 0.25) is 0 Å². The van der Waals surface area contributed by atoms with Crippen LogP contribution in [0.1, 0.15) is 30.3 Å². The molecule has 0 aliphatic carbocycles. The van der Waals surface area contributed by atoms with Crippen molar-refractivity contribution in [2.24, 2.45) is 0 Å². The first-order chi connectivity index (χ1) is 15.7. The third-order valence-corrected chi connectivity index (χ3v) is 5.58. The first kappa shape index (κ1) is 22.7. The number of aromatic nitrogens is 4. The second-order valence-electron chi connectivity index (χ2n) is 7.82. The molecule has 1 N–H and O–H groups in total. The molecule has 1 aliphatic rings. The summed E-state index contributed by atoms with van der Waals surface area (Å²) in [4.78, 5) is 15.4. The Balaban J connectivity index is 1.38. The number of benzene rings is 1. The van der Waals surface area contributed by atoms with Crippen molar-refractivity contribution >= 4 is 23.5 Å². The molecule has 3 aromatic rings. The molecule has 0 bridgehead atoms. The number of hydrogen-bond donors (Lipinski definition) is 1. The molecule has 174 valence electrons. The minimum Gasteiger partial charge on any atom is -0.478 e. The van der Waals surface area contributed by atoms with Gasteiger partial charge in [-0.15, -0.1) is 15.3 Å². The zero-order chi connectivity index (χ0) is 23.6. The highest BCUT2D eigenvalue weighted by Gasteiger charge is 2.37. The molecule has 3 heterocycles. The van der Waals surface area contributed by atoms with Crippen LogP contribution in [0.3, 0.4) is 0 Å². The summed E-state index contributed by atoms with van der Waals surface area (Å²) >= 11 is 0. The summed E-state index contributed by atoms with van der Waals surface area (Å²) < 4.78 is 40.1. The van der Waals surface area contributed by atoms with Crippen LogP contribution in [0, 0.1) is 0 Å². The number of halogens is 3. The van der Waals surface area contributed by atoms with Crippen LogP contribution in [0.4, 0.5) is 19.0 Å². The SMILES string of the molecule is CCC(=Cc1ccc(CN2CCN(c3ccc4nnc(C(F)(F)F)n4n3)CC2)cc1)C(=O)O. The van der Waals surface area contributed by atoms with E-state index in [9.17, 15) is 18.0 Å². The number of carbonyl (C=O) groups is 1. The Morgan fingerprint density at radius 1 is 1.06 bits per heavy atom. The highest BCUT2D eigenvalue weighted by molar-refractivity contribution is 5.92. The van der Waals surface area contributed by atoms with E-state index in [-0.39, 0.29) is 5.65 Å². The molecule has 0 saturated carbocycles. The van der Waals surface area contributed by atoms with Crippen molar-refractivity contribution in [2.75, 3.05) is 31.1 Å². The van der Waals surface area contributed by atoms with E-state index in [2.05, 4.69) is 20.2 Å². The molecule has 11 heteroatoms. The number of carboxylic acids is 1. The molecule has 33 heavy (non-hydrogen) atoms. The van der Waals surface area contributed by atoms with Gasteiger partial charge < -0.3 is 10.0 Å². The van der Waals surface area contributed by atoms with E-state index in [1.54, 1.807) is 12.1 Å². The summed E-state index contributed by atoms with van der Waals surface area (Å²) in [6, 6.07) is 10.9. The number of carboxylic acid groups (broad SMARTS) is 1. The van der Waals surface area contributed by atoms with Crippen molar-refractivity contribution in [3.8, 4) is 0 Å². The fraction of sp³-hybridized carbons (Fsp3) is 0.364. The van der Waals surface area contributed by atoms with Gasteiger partial charge in [-0.1, -0.05) is 31.2 Å². The topological polar surface area (TPSA) is 86.9 Å². The van der Waals surface area contributed by atoms with Crippen molar-refractivity contribution in [1.82, 2.24) is 24.7 Å². The standard InChI is InChI=1S/C22H23F3N6O2/c1-2-17(20(32)33)13-15-3-5-16(6-4-15)14-29-9-11-30(12-10-29)19-8-7-18-26-27-21(22(23,24)25)31(18)28-19/h3-8,13H,2,9-12,14H2,1H3,(H,32,33). The second kappa shape index (κ2) is 9.18. The first-order valence-electron chi connectivity index (χ1n) is 10.5. The van der Waals surface area contributed by atoms with Crippen LogP contribution in [-0.2, 0) is 17.5 Å². The minimum atomic E-state index is -4.62. The molecule has 1 aliphatic heterocycles. The summed E-state index contributed by atoms with van der Waals surface area (Å²) in [5, 5.41) is 20.0. The molecule has 0 spiro atoms. The fourth-order valence-electron chi connectivity index (χ4n) is 3.75. The Morgan fingerprint density at radius 3 is 2.36 bits per heavy atom. The predicted molar refractivity (Wildman–Crippen MR) is 116 cm³/mol. The molecule has 1 aromatic carbocycles.